The number of hydrogen-bond acceptors (Lipinski definition) is 2. The molecule has 3 rings (SSSR count). The number of rotatable bonds is 4. The average molecular weight is 271 g/mol. The van der Waals surface area contributed by atoms with Crippen LogP contribution in [0.1, 0.15) is 12.0 Å². The summed E-state index contributed by atoms with van der Waals surface area (Å²) >= 11 is 0. The van der Waals surface area contributed by atoms with E-state index in [0.717, 1.165) is 11.9 Å². The van der Waals surface area contributed by atoms with Crippen LogP contribution in [0.25, 0.3) is 10.9 Å². The number of carbonyl (C=O) groups excluding carboxylic acids is 2. The lowest BCUT2D eigenvalue weighted by atomic mass is 10.1. The van der Waals surface area contributed by atoms with E-state index in [1.165, 1.54) is 10.9 Å². The Bertz CT molecular complexity index is 662. The Morgan fingerprint density at radius 1 is 1.40 bits per heavy atom. The Kier molecular flexibility index (Phi) is 3.18. The number of hydrogen-bond donors (Lipinski definition) is 2. The number of aromatic amines is 1. The van der Waals surface area contributed by atoms with Crippen molar-refractivity contribution in [3.63, 3.8) is 0 Å². The number of nitrogens with one attached hydrogen (secondary N) is 1. The highest BCUT2D eigenvalue weighted by atomic mass is 16.2. The molecule has 0 spiro atoms. The van der Waals surface area contributed by atoms with E-state index in [1.54, 1.807) is 4.90 Å². The molecule has 5 nitrogen and oxygen atoms in total. The molecule has 2 aromatic rings. The molecule has 1 aromatic carbocycles. The summed E-state index contributed by atoms with van der Waals surface area (Å²) in [6, 6.07) is 8.16. The Balaban J connectivity index is 1.69. The molecule has 1 unspecified atom stereocenters. The largest absolute Gasteiger partial charge is 0.369 e. The fraction of sp³-hybridized carbons (Fsp3) is 0.333. The zero-order valence-electron chi connectivity index (χ0n) is 11.1. The van der Waals surface area contributed by atoms with Crippen LogP contribution in [-0.2, 0) is 16.0 Å². The number of amides is 2. The minimum atomic E-state index is -0.382. The van der Waals surface area contributed by atoms with Gasteiger partial charge in [-0.3, -0.25) is 9.59 Å². The molecule has 1 atom stereocenters. The van der Waals surface area contributed by atoms with Gasteiger partial charge in [-0.2, -0.15) is 0 Å². The Morgan fingerprint density at radius 2 is 2.25 bits per heavy atom. The van der Waals surface area contributed by atoms with Gasteiger partial charge in [0.1, 0.15) is 0 Å². The van der Waals surface area contributed by atoms with Crippen molar-refractivity contribution in [1.29, 1.82) is 0 Å². The maximum absolute atomic E-state index is 11.8. The number of benzene rings is 1. The van der Waals surface area contributed by atoms with Gasteiger partial charge in [0.2, 0.25) is 11.8 Å². The van der Waals surface area contributed by atoms with E-state index >= 15 is 0 Å². The number of nitrogens with two attached hydrogens (primary N) is 1. The van der Waals surface area contributed by atoms with Gasteiger partial charge in [-0.1, -0.05) is 18.2 Å². The second kappa shape index (κ2) is 5.00. The van der Waals surface area contributed by atoms with E-state index in [-0.39, 0.29) is 24.2 Å². The molecule has 3 N–H and O–H groups in total. The summed E-state index contributed by atoms with van der Waals surface area (Å²) in [5.74, 6) is -0.691. The van der Waals surface area contributed by atoms with E-state index in [9.17, 15) is 9.59 Å². The summed E-state index contributed by atoms with van der Waals surface area (Å²) in [6.45, 7) is 1.08. The molecule has 0 aliphatic carbocycles. The highest BCUT2D eigenvalue weighted by Gasteiger charge is 2.32. The normalized spacial score (nSPS) is 18.9. The molecule has 1 saturated heterocycles. The average Bonchev–Trinajstić information content (AvgIpc) is 3.03. The maximum atomic E-state index is 11.8. The van der Waals surface area contributed by atoms with E-state index in [1.807, 2.05) is 18.3 Å². The number of fused-ring (bicyclic) bond motifs is 1. The molecular weight excluding hydrogens is 254 g/mol. The van der Waals surface area contributed by atoms with Crippen LogP contribution < -0.4 is 5.73 Å². The van der Waals surface area contributed by atoms with Crippen molar-refractivity contribution in [2.45, 2.75) is 12.8 Å². The van der Waals surface area contributed by atoms with Crippen LogP contribution in [0.2, 0.25) is 0 Å². The summed E-state index contributed by atoms with van der Waals surface area (Å²) in [4.78, 5) is 27.9. The first-order valence-electron chi connectivity index (χ1n) is 6.77. The summed E-state index contributed by atoms with van der Waals surface area (Å²) < 4.78 is 0. The van der Waals surface area contributed by atoms with E-state index in [4.69, 9.17) is 5.73 Å². The van der Waals surface area contributed by atoms with Gasteiger partial charge in [-0.25, -0.2) is 0 Å². The first-order chi connectivity index (χ1) is 9.65. The van der Waals surface area contributed by atoms with Crippen LogP contribution >= 0.6 is 0 Å². The molecule has 1 aromatic heterocycles. The Labute approximate surface area is 116 Å². The number of H-pyrrole nitrogens is 1. The second-order valence-corrected chi connectivity index (χ2v) is 5.25. The molecule has 104 valence electrons. The zero-order valence-corrected chi connectivity index (χ0v) is 11.1. The smallest absolute Gasteiger partial charge is 0.223 e. The quantitative estimate of drug-likeness (QED) is 0.871. The number of nitrogens with zero attached hydrogens (tertiary/aromatic N) is 1. The maximum Gasteiger partial charge on any atom is 0.223 e. The predicted octanol–water partition coefficient (Wildman–Crippen LogP) is 1.04. The monoisotopic (exact) mass is 271 g/mol. The van der Waals surface area contributed by atoms with Crippen LogP contribution in [-0.4, -0.2) is 34.8 Å². The van der Waals surface area contributed by atoms with Gasteiger partial charge in [0.15, 0.2) is 0 Å². The van der Waals surface area contributed by atoms with E-state index in [2.05, 4.69) is 17.1 Å². The van der Waals surface area contributed by atoms with Crippen molar-refractivity contribution in [3.8, 4) is 0 Å². The lowest BCUT2D eigenvalue weighted by molar-refractivity contribution is -0.128. The molecule has 5 heteroatoms. The summed E-state index contributed by atoms with van der Waals surface area (Å²) in [5.41, 5.74) is 7.57. The fourth-order valence-corrected chi connectivity index (χ4v) is 2.79. The second-order valence-electron chi connectivity index (χ2n) is 5.25. The van der Waals surface area contributed by atoms with Crippen LogP contribution in [0.15, 0.2) is 30.5 Å². The number of para-hydroxylation sites is 1. The van der Waals surface area contributed by atoms with Gasteiger partial charge < -0.3 is 15.6 Å². The third kappa shape index (κ3) is 2.27. The van der Waals surface area contributed by atoms with Gasteiger partial charge >= 0.3 is 0 Å². The zero-order chi connectivity index (χ0) is 14.1. The van der Waals surface area contributed by atoms with E-state index in [0.29, 0.717) is 13.1 Å². The van der Waals surface area contributed by atoms with Gasteiger partial charge in [0.25, 0.3) is 0 Å². The lowest BCUT2D eigenvalue weighted by Gasteiger charge is -2.16. The van der Waals surface area contributed by atoms with Crippen LogP contribution in [0, 0.1) is 5.92 Å². The molecule has 1 aliphatic heterocycles. The summed E-state index contributed by atoms with van der Waals surface area (Å²) in [5, 5.41) is 1.17. The van der Waals surface area contributed by atoms with E-state index < -0.39 is 0 Å². The molecular formula is C15H17N3O2. The number of aromatic nitrogens is 1. The van der Waals surface area contributed by atoms with Crippen molar-refractivity contribution >= 4 is 22.7 Å². The standard InChI is InChI=1S/C15H17N3O2/c16-15(20)12-8-13(19)18(9-12)7-5-11-3-1-2-10-4-6-17-14(10)11/h1-4,6,12,17H,5,7-9H2,(H2,16,20). The molecule has 20 heavy (non-hydrogen) atoms. The summed E-state index contributed by atoms with van der Waals surface area (Å²) in [7, 11) is 0. The minimum Gasteiger partial charge on any atom is -0.369 e. The van der Waals surface area contributed by atoms with Crippen molar-refractivity contribution in [1.82, 2.24) is 9.88 Å². The van der Waals surface area contributed by atoms with Gasteiger partial charge in [-0.15, -0.1) is 0 Å². The van der Waals surface area contributed by atoms with Gasteiger partial charge in [0.05, 0.1) is 5.92 Å². The van der Waals surface area contributed by atoms with Crippen molar-refractivity contribution in [2.24, 2.45) is 11.7 Å². The number of likely N-dealkylation sites (tertiary alicyclic amines) is 1. The molecule has 1 aliphatic rings. The molecule has 2 heterocycles. The molecule has 2 amide bonds. The number of primary amides is 1. The Morgan fingerprint density at radius 3 is 3.00 bits per heavy atom. The SMILES string of the molecule is NC(=O)C1CC(=O)N(CCc2cccc3cc[nH]c23)C1. The van der Waals surface area contributed by atoms with Gasteiger partial charge in [-0.05, 0) is 23.4 Å². The lowest BCUT2D eigenvalue weighted by Crippen LogP contribution is -2.30. The van der Waals surface area contributed by atoms with Gasteiger partial charge in [0, 0.05) is 31.2 Å². The molecule has 0 bridgehead atoms. The molecule has 1 fully saturated rings. The first-order valence-corrected chi connectivity index (χ1v) is 6.77. The van der Waals surface area contributed by atoms with Crippen molar-refractivity contribution in [2.75, 3.05) is 13.1 Å². The van der Waals surface area contributed by atoms with Crippen LogP contribution in [0.4, 0.5) is 0 Å². The Hall–Kier alpha value is -2.30. The van der Waals surface area contributed by atoms with Crippen molar-refractivity contribution < 1.29 is 9.59 Å². The third-order valence-electron chi connectivity index (χ3n) is 3.94. The fourth-order valence-electron chi connectivity index (χ4n) is 2.79. The number of carbonyl (C=O) groups is 2. The van der Waals surface area contributed by atoms with Crippen molar-refractivity contribution in [3.05, 3.63) is 36.0 Å². The highest BCUT2D eigenvalue weighted by molar-refractivity contribution is 5.88. The predicted molar refractivity (Wildman–Crippen MR) is 75.9 cm³/mol. The molecule has 0 saturated carbocycles. The third-order valence-corrected chi connectivity index (χ3v) is 3.94. The topological polar surface area (TPSA) is 79.2 Å². The van der Waals surface area contributed by atoms with Crippen LogP contribution in [0.3, 0.4) is 0 Å². The van der Waals surface area contributed by atoms with Crippen LogP contribution in [0.5, 0.6) is 0 Å². The first kappa shape index (κ1) is 12.7. The highest BCUT2D eigenvalue weighted by Crippen LogP contribution is 2.20. The molecule has 0 radical (unpaired) electrons. The summed E-state index contributed by atoms with van der Waals surface area (Å²) in [6.07, 6.45) is 2.94. The minimum absolute atomic E-state index is 0.0208.